The SMILES string of the molecule is CCCC#CC12COC(C1)[C@H](COCc1ccccc1)[C@H]2C/C=C/CCCC(=O)O. The van der Waals surface area contributed by atoms with Crippen molar-refractivity contribution in [2.45, 2.75) is 64.6 Å². The third-order valence-corrected chi connectivity index (χ3v) is 6.28. The minimum Gasteiger partial charge on any atom is -0.481 e. The van der Waals surface area contributed by atoms with E-state index in [1.54, 1.807) is 0 Å². The summed E-state index contributed by atoms with van der Waals surface area (Å²) in [6.07, 6.45) is 10.3. The van der Waals surface area contributed by atoms with E-state index in [2.05, 4.69) is 43.0 Å². The van der Waals surface area contributed by atoms with Gasteiger partial charge in [0.1, 0.15) is 0 Å². The highest BCUT2D eigenvalue weighted by Gasteiger charge is 2.57. The summed E-state index contributed by atoms with van der Waals surface area (Å²) in [4.78, 5) is 10.7. The van der Waals surface area contributed by atoms with Crippen LogP contribution in [0.25, 0.3) is 0 Å². The number of aliphatic carboxylic acids is 1. The van der Waals surface area contributed by atoms with Gasteiger partial charge < -0.3 is 14.6 Å². The Kier molecular flexibility index (Phi) is 8.54. The molecule has 2 aliphatic rings. The summed E-state index contributed by atoms with van der Waals surface area (Å²) < 4.78 is 12.2. The number of unbranched alkanes of at least 4 members (excludes halogenated alkanes) is 2. The highest BCUT2D eigenvalue weighted by molar-refractivity contribution is 5.66. The first-order valence-electron chi connectivity index (χ1n) is 11.2. The largest absolute Gasteiger partial charge is 0.481 e. The van der Waals surface area contributed by atoms with Gasteiger partial charge in [0, 0.05) is 18.8 Å². The maximum absolute atomic E-state index is 10.7. The van der Waals surface area contributed by atoms with E-state index in [4.69, 9.17) is 14.6 Å². The van der Waals surface area contributed by atoms with Gasteiger partial charge in [0.2, 0.25) is 0 Å². The lowest BCUT2D eigenvalue weighted by atomic mass is 9.74. The number of carbonyl (C=O) groups is 1. The molecule has 4 atom stereocenters. The average molecular weight is 411 g/mol. The molecule has 1 N–H and O–H groups in total. The molecule has 1 aromatic rings. The van der Waals surface area contributed by atoms with Gasteiger partial charge in [0.05, 0.1) is 31.3 Å². The molecule has 4 nitrogen and oxygen atoms in total. The second-order valence-corrected chi connectivity index (χ2v) is 8.53. The van der Waals surface area contributed by atoms with Crippen LogP contribution in [0.3, 0.4) is 0 Å². The molecule has 1 saturated carbocycles. The number of allylic oxidation sites excluding steroid dienone is 2. The predicted molar refractivity (Wildman–Crippen MR) is 118 cm³/mol. The average Bonchev–Trinajstić information content (AvgIpc) is 3.28. The monoisotopic (exact) mass is 410 g/mol. The van der Waals surface area contributed by atoms with E-state index in [0.717, 1.165) is 38.7 Å². The van der Waals surface area contributed by atoms with E-state index >= 15 is 0 Å². The summed E-state index contributed by atoms with van der Waals surface area (Å²) >= 11 is 0. The summed E-state index contributed by atoms with van der Waals surface area (Å²) in [5.74, 6) is 7.04. The van der Waals surface area contributed by atoms with Crippen LogP contribution in [-0.2, 0) is 20.9 Å². The number of hydrogen-bond acceptors (Lipinski definition) is 3. The van der Waals surface area contributed by atoms with Gasteiger partial charge in [-0.2, -0.15) is 0 Å². The molecule has 2 bridgehead atoms. The Hall–Kier alpha value is -2.09. The topological polar surface area (TPSA) is 55.8 Å². The van der Waals surface area contributed by atoms with Gasteiger partial charge in [-0.15, -0.1) is 5.92 Å². The van der Waals surface area contributed by atoms with Crippen LogP contribution < -0.4 is 0 Å². The van der Waals surface area contributed by atoms with Crippen LogP contribution in [0.5, 0.6) is 0 Å². The van der Waals surface area contributed by atoms with E-state index in [-0.39, 0.29) is 17.9 Å². The fourth-order valence-corrected chi connectivity index (χ4v) is 4.72. The van der Waals surface area contributed by atoms with Crippen molar-refractivity contribution in [3.63, 3.8) is 0 Å². The highest BCUT2D eigenvalue weighted by atomic mass is 16.5. The zero-order valence-electron chi connectivity index (χ0n) is 18.0. The molecular formula is C26H34O4. The van der Waals surface area contributed by atoms with Crippen molar-refractivity contribution < 1.29 is 19.4 Å². The number of carboxylic acid groups (broad SMARTS) is 1. The Balaban J connectivity index is 1.61. The molecule has 30 heavy (non-hydrogen) atoms. The fourth-order valence-electron chi connectivity index (χ4n) is 4.72. The number of carboxylic acids is 1. The minimum absolute atomic E-state index is 0.0635. The Morgan fingerprint density at radius 1 is 1.33 bits per heavy atom. The van der Waals surface area contributed by atoms with Crippen LogP contribution in [0.4, 0.5) is 0 Å². The molecule has 2 unspecified atom stereocenters. The van der Waals surface area contributed by atoms with E-state index < -0.39 is 5.97 Å². The smallest absolute Gasteiger partial charge is 0.303 e. The van der Waals surface area contributed by atoms with Crippen molar-refractivity contribution in [3.05, 3.63) is 48.0 Å². The van der Waals surface area contributed by atoms with E-state index in [9.17, 15) is 4.79 Å². The van der Waals surface area contributed by atoms with Gasteiger partial charge in [0.15, 0.2) is 0 Å². The molecule has 2 fully saturated rings. The molecule has 0 amide bonds. The Bertz CT molecular complexity index is 760. The highest BCUT2D eigenvalue weighted by Crippen LogP contribution is 2.55. The van der Waals surface area contributed by atoms with E-state index in [1.165, 1.54) is 5.56 Å². The number of benzene rings is 1. The zero-order valence-corrected chi connectivity index (χ0v) is 18.0. The number of fused-ring (bicyclic) bond motifs is 2. The third-order valence-electron chi connectivity index (χ3n) is 6.28. The lowest BCUT2D eigenvalue weighted by molar-refractivity contribution is -0.137. The molecule has 1 heterocycles. The van der Waals surface area contributed by atoms with Crippen molar-refractivity contribution in [3.8, 4) is 11.8 Å². The van der Waals surface area contributed by atoms with Gasteiger partial charge >= 0.3 is 5.97 Å². The van der Waals surface area contributed by atoms with E-state index in [0.29, 0.717) is 31.5 Å². The van der Waals surface area contributed by atoms with Crippen LogP contribution in [0, 0.1) is 29.1 Å². The van der Waals surface area contributed by atoms with Crippen molar-refractivity contribution >= 4 is 5.97 Å². The predicted octanol–water partition coefficient (Wildman–Crippen LogP) is 5.23. The summed E-state index contributed by atoms with van der Waals surface area (Å²) in [7, 11) is 0. The molecule has 1 saturated heterocycles. The summed E-state index contributed by atoms with van der Waals surface area (Å²) in [6.45, 7) is 4.19. The van der Waals surface area contributed by atoms with Gasteiger partial charge in [-0.25, -0.2) is 0 Å². The standard InChI is InChI=1S/C26H34O4/c1-2-3-11-16-26-17-24(30-20-26)22(19-29-18-21-12-7-6-8-13-21)23(26)14-9-4-5-10-15-25(27)28/h4,6-9,12-13,22-24H,2-3,5,10,14-15,17-20H2,1H3,(H,27,28)/b9-4+/t22-,23-,24?,26?/m1/s1. The van der Waals surface area contributed by atoms with Gasteiger partial charge in [0.25, 0.3) is 0 Å². The van der Waals surface area contributed by atoms with Gasteiger partial charge in [-0.1, -0.05) is 55.3 Å². The van der Waals surface area contributed by atoms with Gasteiger partial charge in [-0.05, 0) is 43.6 Å². The molecule has 0 aromatic heterocycles. The molecule has 0 radical (unpaired) electrons. The lowest BCUT2D eigenvalue weighted by Gasteiger charge is -2.35. The maximum atomic E-state index is 10.7. The fraction of sp³-hybridized carbons (Fsp3) is 0.577. The summed E-state index contributed by atoms with van der Waals surface area (Å²) in [5.41, 5.74) is 1.13. The zero-order chi connectivity index (χ0) is 21.2. The Morgan fingerprint density at radius 2 is 2.17 bits per heavy atom. The Morgan fingerprint density at radius 3 is 2.93 bits per heavy atom. The number of rotatable bonds is 11. The number of ether oxygens (including phenoxy) is 2. The third kappa shape index (κ3) is 5.97. The molecule has 1 aromatic carbocycles. The lowest BCUT2D eigenvalue weighted by Crippen LogP contribution is -2.37. The second kappa shape index (κ2) is 11.3. The quantitative estimate of drug-likeness (QED) is 0.308. The second-order valence-electron chi connectivity index (χ2n) is 8.53. The molecule has 3 rings (SSSR count). The first kappa shape index (κ1) is 22.6. The summed E-state index contributed by atoms with van der Waals surface area (Å²) in [6, 6.07) is 10.3. The van der Waals surface area contributed by atoms with Crippen LogP contribution in [0.1, 0.15) is 57.4 Å². The molecular weight excluding hydrogens is 376 g/mol. The van der Waals surface area contributed by atoms with Crippen molar-refractivity contribution in [1.29, 1.82) is 0 Å². The van der Waals surface area contributed by atoms with E-state index in [1.807, 2.05) is 18.2 Å². The van der Waals surface area contributed by atoms with Crippen molar-refractivity contribution in [1.82, 2.24) is 0 Å². The van der Waals surface area contributed by atoms with Crippen LogP contribution in [0.15, 0.2) is 42.5 Å². The summed E-state index contributed by atoms with van der Waals surface area (Å²) in [5, 5.41) is 8.78. The first-order chi connectivity index (χ1) is 14.6. The molecule has 162 valence electrons. The molecule has 4 heteroatoms. The van der Waals surface area contributed by atoms with Crippen LogP contribution in [-0.4, -0.2) is 30.4 Å². The molecule has 1 aliphatic heterocycles. The maximum Gasteiger partial charge on any atom is 0.303 e. The van der Waals surface area contributed by atoms with Crippen LogP contribution in [0.2, 0.25) is 0 Å². The normalized spacial score (nSPS) is 27.3. The van der Waals surface area contributed by atoms with Crippen molar-refractivity contribution in [2.24, 2.45) is 17.3 Å². The molecule has 0 spiro atoms. The van der Waals surface area contributed by atoms with Gasteiger partial charge in [-0.3, -0.25) is 4.79 Å². The number of hydrogen-bond donors (Lipinski definition) is 1. The minimum atomic E-state index is -0.727. The molecule has 1 aliphatic carbocycles. The van der Waals surface area contributed by atoms with Crippen molar-refractivity contribution in [2.75, 3.05) is 13.2 Å². The van der Waals surface area contributed by atoms with Crippen LogP contribution >= 0.6 is 0 Å². The Labute approximate surface area is 180 Å². The first-order valence-corrected chi connectivity index (χ1v) is 11.2.